The second kappa shape index (κ2) is 15.2. The van der Waals surface area contributed by atoms with E-state index in [0.29, 0.717) is 0 Å². The maximum Gasteiger partial charge on any atom is 0.145 e. The van der Waals surface area contributed by atoms with Gasteiger partial charge in [0.15, 0.2) is 0 Å². The number of allylic oxidation sites excluding steroid dienone is 2. The Morgan fingerprint density at radius 3 is 2.06 bits per heavy atom. The molecule has 0 radical (unpaired) electrons. The van der Waals surface area contributed by atoms with Crippen molar-refractivity contribution >= 4 is 71.6 Å². The zero-order valence-corrected chi connectivity index (χ0v) is 35.6. The van der Waals surface area contributed by atoms with Crippen molar-refractivity contribution in [2.24, 2.45) is 4.99 Å². The van der Waals surface area contributed by atoms with Crippen LogP contribution in [0, 0.1) is 0 Å². The van der Waals surface area contributed by atoms with Gasteiger partial charge >= 0.3 is 0 Å². The van der Waals surface area contributed by atoms with Gasteiger partial charge in [0.2, 0.25) is 0 Å². The minimum atomic E-state index is -0.313. The fourth-order valence-electron chi connectivity index (χ4n) is 10.7. The minimum absolute atomic E-state index is 0.313. The molecule has 0 fully saturated rings. The SMILES string of the molecule is C1=Cc2c(c(-c3ccc4c(c3)c3cnccc3n4-c3ccccc3)c3ccccc3c2-c2cccc([C@H]3N=C(c4ccccc4)C=C(c4cc5ccccc5c5ccccc45)N3)c2)CC1. The highest BCUT2D eigenvalue weighted by atomic mass is 15.1. The number of hydrogen-bond donors (Lipinski definition) is 1. The normalized spacial score (nSPS) is 14.7. The van der Waals surface area contributed by atoms with Gasteiger partial charge in [-0.05, 0) is 138 Å². The van der Waals surface area contributed by atoms with Crippen molar-refractivity contribution in [2.45, 2.75) is 19.0 Å². The lowest BCUT2D eigenvalue weighted by Gasteiger charge is -2.27. The van der Waals surface area contributed by atoms with E-state index in [9.17, 15) is 0 Å². The second-order valence-electron chi connectivity index (χ2n) is 17.2. The first kappa shape index (κ1) is 37.2. The fraction of sp³-hybridized carbons (Fsp3) is 0.0492. The summed E-state index contributed by atoms with van der Waals surface area (Å²) in [5, 5.41) is 13.7. The molecular weight excluding hydrogens is 789 g/mol. The summed E-state index contributed by atoms with van der Waals surface area (Å²) in [6.07, 6.45) is 12.5. The molecule has 3 heterocycles. The van der Waals surface area contributed by atoms with Gasteiger partial charge in [-0.1, -0.05) is 158 Å². The number of para-hydroxylation sites is 1. The second-order valence-corrected chi connectivity index (χ2v) is 17.2. The highest BCUT2D eigenvalue weighted by molar-refractivity contribution is 6.18. The fourth-order valence-corrected chi connectivity index (χ4v) is 10.7. The Kier molecular flexibility index (Phi) is 8.70. The quantitative estimate of drug-likeness (QED) is 0.170. The maximum absolute atomic E-state index is 5.46. The molecule has 2 aromatic heterocycles. The van der Waals surface area contributed by atoms with Gasteiger partial charge in [0.1, 0.15) is 6.17 Å². The van der Waals surface area contributed by atoms with Crippen molar-refractivity contribution < 1.29 is 0 Å². The molecule has 11 aromatic rings. The smallest absolute Gasteiger partial charge is 0.145 e. The summed E-state index contributed by atoms with van der Waals surface area (Å²) in [5.74, 6) is 0. The molecule has 4 heteroatoms. The van der Waals surface area contributed by atoms with Crippen molar-refractivity contribution in [2.75, 3.05) is 0 Å². The van der Waals surface area contributed by atoms with Crippen molar-refractivity contribution in [3.8, 4) is 27.9 Å². The third-order valence-corrected chi connectivity index (χ3v) is 13.5. The van der Waals surface area contributed by atoms with E-state index in [1.807, 2.05) is 12.4 Å². The molecule has 9 aromatic carbocycles. The number of nitrogens with zero attached hydrogens (tertiary/aromatic N) is 3. The number of aromatic nitrogens is 2. The van der Waals surface area contributed by atoms with Crippen LogP contribution in [0.15, 0.2) is 218 Å². The predicted molar refractivity (Wildman–Crippen MR) is 273 cm³/mol. The summed E-state index contributed by atoms with van der Waals surface area (Å²) in [5.41, 5.74) is 16.6. The first-order valence-electron chi connectivity index (χ1n) is 22.6. The van der Waals surface area contributed by atoms with Crippen LogP contribution < -0.4 is 5.32 Å². The van der Waals surface area contributed by atoms with E-state index in [4.69, 9.17) is 4.99 Å². The van der Waals surface area contributed by atoms with Crippen LogP contribution in [0.3, 0.4) is 0 Å². The first-order valence-corrected chi connectivity index (χ1v) is 22.6. The molecular formula is C61H42N4. The Morgan fingerprint density at radius 2 is 1.22 bits per heavy atom. The van der Waals surface area contributed by atoms with Crippen molar-refractivity contribution in [1.29, 1.82) is 0 Å². The van der Waals surface area contributed by atoms with Crippen LogP contribution in [0.4, 0.5) is 0 Å². The molecule has 2 aliphatic rings. The van der Waals surface area contributed by atoms with Crippen LogP contribution in [-0.2, 0) is 6.42 Å². The number of fused-ring (bicyclic) bond motifs is 8. The maximum atomic E-state index is 5.46. The van der Waals surface area contributed by atoms with E-state index >= 15 is 0 Å². The minimum Gasteiger partial charge on any atom is -0.359 e. The number of benzene rings is 9. The van der Waals surface area contributed by atoms with Crippen molar-refractivity contribution in [3.63, 3.8) is 0 Å². The van der Waals surface area contributed by atoms with Crippen LogP contribution in [-0.4, -0.2) is 15.3 Å². The Bertz CT molecular complexity index is 3800. The summed E-state index contributed by atoms with van der Waals surface area (Å²) < 4.78 is 2.36. The van der Waals surface area contributed by atoms with Gasteiger partial charge in [-0.3, -0.25) is 9.98 Å². The Hall–Kier alpha value is -8.34. The standard InChI is InChI=1S/C61H42N4/c1-3-16-39(17-4-1)55-37-56(52-35-40-18-7-8-23-45(40)46-24-9-10-25-47(46)52)64-61(63-55)43-20-15-19-41(34-43)59-48-26-11-13-28-50(48)60(51-29-14-12-27-49(51)59)42-30-31-57-53(36-42)54-38-62-33-32-58(54)65(57)44-21-5-2-6-22-44/h1-13,15-28,30-38,61,64H,14,29H2/t61-/m0/s1. The first-order chi connectivity index (χ1) is 32.2. The molecule has 1 aliphatic heterocycles. The summed E-state index contributed by atoms with van der Waals surface area (Å²) in [6, 6.07) is 68.3. The topological polar surface area (TPSA) is 42.2 Å². The van der Waals surface area contributed by atoms with E-state index in [2.05, 4.69) is 221 Å². The average Bonchev–Trinajstić information content (AvgIpc) is 3.71. The van der Waals surface area contributed by atoms with Crippen LogP contribution in [0.5, 0.6) is 0 Å². The average molecular weight is 831 g/mol. The summed E-state index contributed by atoms with van der Waals surface area (Å²) >= 11 is 0. The number of rotatable bonds is 6. The molecule has 1 aliphatic carbocycles. The van der Waals surface area contributed by atoms with Crippen molar-refractivity contribution in [1.82, 2.24) is 14.9 Å². The molecule has 13 rings (SSSR count). The third kappa shape index (κ3) is 6.13. The highest BCUT2D eigenvalue weighted by Crippen LogP contribution is 2.46. The van der Waals surface area contributed by atoms with E-state index in [1.54, 1.807) is 0 Å². The Balaban J connectivity index is 0.967. The monoisotopic (exact) mass is 830 g/mol. The lowest BCUT2D eigenvalue weighted by molar-refractivity contribution is 0.665. The summed E-state index contributed by atoms with van der Waals surface area (Å²) in [7, 11) is 0. The molecule has 0 saturated heterocycles. The molecule has 0 spiro atoms. The van der Waals surface area contributed by atoms with Gasteiger partial charge in [0.05, 0.1) is 16.7 Å². The molecule has 0 unspecified atom stereocenters. The number of aliphatic imine (C=N–C) groups is 1. The number of nitrogens with one attached hydrogen (secondary N) is 1. The number of hydrogen-bond acceptors (Lipinski definition) is 3. The van der Waals surface area contributed by atoms with Crippen LogP contribution in [0.25, 0.3) is 93.8 Å². The molecule has 0 saturated carbocycles. The summed E-state index contributed by atoms with van der Waals surface area (Å²) in [6.45, 7) is 0. The lowest BCUT2D eigenvalue weighted by Crippen LogP contribution is -2.25. The molecule has 306 valence electrons. The van der Waals surface area contributed by atoms with E-state index in [-0.39, 0.29) is 6.17 Å². The van der Waals surface area contributed by atoms with Gasteiger partial charge in [-0.2, -0.15) is 0 Å². The summed E-state index contributed by atoms with van der Waals surface area (Å²) in [4.78, 5) is 10.1. The molecule has 1 N–H and O–H groups in total. The zero-order chi connectivity index (χ0) is 42.8. The lowest BCUT2D eigenvalue weighted by atomic mass is 9.80. The molecule has 0 amide bonds. The zero-order valence-electron chi connectivity index (χ0n) is 35.6. The Morgan fingerprint density at radius 1 is 0.523 bits per heavy atom. The molecule has 4 nitrogen and oxygen atoms in total. The van der Waals surface area contributed by atoms with Crippen LogP contribution in [0.2, 0.25) is 0 Å². The largest absolute Gasteiger partial charge is 0.359 e. The van der Waals surface area contributed by atoms with E-state index in [0.717, 1.165) is 52.0 Å². The predicted octanol–water partition coefficient (Wildman–Crippen LogP) is 15.1. The van der Waals surface area contributed by atoms with Crippen LogP contribution >= 0.6 is 0 Å². The third-order valence-electron chi connectivity index (χ3n) is 13.5. The Labute approximate surface area is 377 Å². The van der Waals surface area contributed by atoms with E-state index in [1.165, 1.54) is 82.2 Å². The molecule has 65 heavy (non-hydrogen) atoms. The van der Waals surface area contributed by atoms with Gasteiger partial charge in [0.25, 0.3) is 0 Å². The molecule has 0 bridgehead atoms. The van der Waals surface area contributed by atoms with Gasteiger partial charge < -0.3 is 9.88 Å². The molecule has 1 atom stereocenters. The van der Waals surface area contributed by atoms with Gasteiger partial charge in [0, 0.05) is 40.1 Å². The van der Waals surface area contributed by atoms with Crippen LogP contribution in [0.1, 0.15) is 40.4 Å². The highest BCUT2D eigenvalue weighted by Gasteiger charge is 2.25. The van der Waals surface area contributed by atoms with E-state index < -0.39 is 0 Å². The number of pyridine rings is 1. The van der Waals surface area contributed by atoms with Gasteiger partial charge in [-0.25, -0.2) is 0 Å². The van der Waals surface area contributed by atoms with Crippen molar-refractivity contribution in [3.05, 3.63) is 240 Å². The van der Waals surface area contributed by atoms with Gasteiger partial charge in [-0.15, -0.1) is 0 Å².